The van der Waals surface area contributed by atoms with Crippen LogP contribution in [0, 0.1) is 0 Å². The molecule has 0 unspecified atom stereocenters. The van der Waals surface area contributed by atoms with Crippen LogP contribution in [0.5, 0.6) is 0 Å². The normalized spacial score (nSPS) is 10.7. The summed E-state index contributed by atoms with van der Waals surface area (Å²) in [6, 6.07) is 11.9. The highest BCUT2D eigenvalue weighted by molar-refractivity contribution is 5.59. The molecule has 1 heterocycles. The van der Waals surface area contributed by atoms with E-state index in [4.69, 9.17) is 0 Å². The summed E-state index contributed by atoms with van der Waals surface area (Å²) in [4.78, 5) is 0. The van der Waals surface area contributed by atoms with Crippen molar-refractivity contribution >= 4 is 0 Å². The molecule has 0 saturated carbocycles. The predicted molar refractivity (Wildman–Crippen MR) is 67.5 cm³/mol. The van der Waals surface area contributed by atoms with Crippen molar-refractivity contribution in [2.45, 2.75) is 13.2 Å². The Bertz CT molecular complexity index is 465. The Hall–Kier alpha value is -1.65. The second-order valence-electron chi connectivity index (χ2n) is 3.87. The first-order valence-corrected chi connectivity index (χ1v) is 5.72. The summed E-state index contributed by atoms with van der Waals surface area (Å²) in [6.45, 7) is 1.62. The third kappa shape index (κ3) is 2.72. The highest BCUT2D eigenvalue weighted by atomic mass is 16.3. The maximum atomic E-state index is 9.30. The zero-order valence-corrected chi connectivity index (χ0v) is 9.93. The smallest absolute Gasteiger partial charge is 0.0926 e. The third-order valence-electron chi connectivity index (χ3n) is 2.67. The van der Waals surface area contributed by atoms with Gasteiger partial charge in [0.15, 0.2) is 0 Å². The molecular formula is C13H17N3O. The van der Waals surface area contributed by atoms with Gasteiger partial charge in [-0.2, -0.15) is 5.10 Å². The van der Waals surface area contributed by atoms with E-state index in [0.717, 1.165) is 30.0 Å². The van der Waals surface area contributed by atoms with Crippen LogP contribution >= 0.6 is 0 Å². The molecule has 0 radical (unpaired) electrons. The molecule has 0 saturated heterocycles. The number of aliphatic hydroxyl groups excluding tert-OH is 1. The van der Waals surface area contributed by atoms with E-state index in [-0.39, 0.29) is 6.61 Å². The fraction of sp³-hybridized carbons (Fsp3) is 0.308. The summed E-state index contributed by atoms with van der Waals surface area (Å²) < 4.78 is 1.85. The quantitative estimate of drug-likeness (QED) is 0.814. The topological polar surface area (TPSA) is 50.1 Å². The van der Waals surface area contributed by atoms with Crippen molar-refractivity contribution < 1.29 is 5.11 Å². The van der Waals surface area contributed by atoms with Crippen molar-refractivity contribution in [3.63, 3.8) is 0 Å². The fourth-order valence-corrected chi connectivity index (χ4v) is 1.74. The Morgan fingerprint density at radius 3 is 2.71 bits per heavy atom. The molecule has 1 aromatic carbocycles. The standard InChI is InChI=1S/C13H17N3O/c1-14-7-8-16-12(10-17)9-13(15-16)11-5-3-2-4-6-11/h2-6,9,14,17H,7-8,10H2,1H3. The fourth-order valence-electron chi connectivity index (χ4n) is 1.74. The minimum Gasteiger partial charge on any atom is -0.390 e. The van der Waals surface area contributed by atoms with E-state index in [1.54, 1.807) is 0 Å². The number of aliphatic hydroxyl groups is 1. The average molecular weight is 231 g/mol. The molecule has 2 N–H and O–H groups in total. The Labute approximate surface area is 101 Å². The van der Waals surface area contributed by atoms with Gasteiger partial charge in [-0.15, -0.1) is 0 Å². The van der Waals surface area contributed by atoms with Crippen molar-refractivity contribution in [2.75, 3.05) is 13.6 Å². The van der Waals surface area contributed by atoms with Gasteiger partial charge in [-0.05, 0) is 13.1 Å². The average Bonchev–Trinajstić information content (AvgIpc) is 2.80. The number of nitrogens with zero attached hydrogens (tertiary/aromatic N) is 2. The van der Waals surface area contributed by atoms with Crippen LogP contribution in [0.4, 0.5) is 0 Å². The van der Waals surface area contributed by atoms with Gasteiger partial charge in [0.25, 0.3) is 0 Å². The molecule has 0 amide bonds. The van der Waals surface area contributed by atoms with Crippen LogP contribution in [-0.2, 0) is 13.2 Å². The van der Waals surface area contributed by atoms with Gasteiger partial charge in [0.1, 0.15) is 0 Å². The lowest BCUT2D eigenvalue weighted by Crippen LogP contribution is -2.17. The van der Waals surface area contributed by atoms with Crippen LogP contribution in [0.25, 0.3) is 11.3 Å². The van der Waals surface area contributed by atoms with E-state index in [1.807, 2.05) is 48.1 Å². The number of hydrogen-bond donors (Lipinski definition) is 2. The van der Waals surface area contributed by atoms with Gasteiger partial charge in [0.2, 0.25) is 0 Å². The molecule has 2 aromatic rings. The molecule has 0 fully saturated rings. The van der Waals surface area contributed by atoms with Gasteiger partial charge >= 0.3 is 0 Å². The molecule has 0 atom stereocenters. The van der Waals surface area contributed by atoms with Gasteiger partial charge in [0.05, 0.1) is 24.5 Å². The minimum atomic E-state index is 0.0174. The third-order valence-corrected chi connectivity index (χ3v) is 2.67. The molecule has 2 rings (SSSR count). The number of aromatic nitrogens is 2. The zero-order valence-electron chi connectivity index (χ0n) is 9.93. The first kappa shape index (κ1) is 11.8. The number of hydrogen-bond acceptors (Lipinski definition) is 3. The maximum absolute atomic E-state index is 9.30. The van der Waals surface area contributed by atoms with Crippen molar-refractivity contribution in [1.29, 1.82) is 0 Å². The van der Waals surface area contributed by atoms with E-state index in [1.165, 1.54) is 0 Å². The zero-order chi connectivity index (χ0) is 12.1. The molecule has 90 valence electrons. The van der Waals surface area contributed by atoms with E-state index >= 15 is 0 Å². The second kappa shape index (κ2) is 5.61. The Kier molecular flexibility index (Phi) is 3.90. The van der Waals surface area contributed by atoms with Crippen molar-refractivity contribution in [2.24, 2.45) is 0 Å². The first-order valence-electron chi connectivity index (χ1n) is 5.72. The molecule has 1 aromatic heterocycles. The molecular weight excluding hydrogens is 214 g/mol. The van der Waals surface area contributed by atoms with E-state index < -0.39 is 0 Å². The molecule has 0 spiro atoms. The number of benzene rings is 1. The second-order valence-corrected chi connectivity index (χ2v) is 3.87. The van der Waals surface area contributed by atoms with E-state index in [0.29, 0.717) is 0 Å². The predicted octanol–water partition coefficient (Wildman–Crippen LogP) is 1.26. The van der Waals surface area contributed by atoms with Gasteiger partial charge in [-0.3, -0.25) is 4.68 Å². The van der Waals surface area contributed by atoms with Gasteiger partial charge < -0.3 is 10.4 Å². The molecule has 0 aliphatic carbocycles. The molecule has 0 bridgehead atoms. The van der Waals surface area contributed by atoms with Crippen LogP contribution < -0.4 is 5.32 Å². The summed E-state index contributed by atoms with van der Waals surface area (Å²) in [5, 5.41) is 16.9. The summed E-state index contributed by atoms with van der Waals surface area (Å²) in [6.07, 6.45) is 0. The highest BCUT2D eigenvalue weighted by Crippen LogP contribution is 2.18. The van der Waals surface area contributed by atoms with Gasteiger partial charge in [-0.25, -0.2) is 0 Å². The van der Waals surface area contributed by atoms with E-state index in [9.17, 15) is 5.11 Å². The van der Waals surface area contributed by atoms with Gasteiger partial charge in [0, 0.05) is 12.1 Å². The monoisotopic (exact) mass is 231 g/mol. The van der Waals surface area contributed by atoms with Gasteiger partial charge in [-0.1, -0.05) is 30.3 Å². The lowest BCUT2D eigenvalue weighted by atomic mass is 10.1. The SMILES string of the molecule is CNCCn1nc(-c2ccccc2)cc1CO. The van der Waals surface area contributed by atoms with Crippen LogP contribution in [0.3, 0.4) is 0 Å². The van der Waals surface area contributed by atoms with Crippen molar-refractivity contribution in [3.8, 4) is 11.3 Å². The minimum absolute atomic E-state index is 0.0174. The summed E-state index contributed by atoms with van der Waals surface area (Å²) in [7, 11) is 1.90. The van der Waals surface area contributed by atoms with Crippen LogP contribution in [0.15, 0.2) is 36.4 Å². The van der Waals surface area contributed by atoms with Crippen LogP contribution in [0.1, 0.15) is 5.69 Å². The largest absolute Gasteiger partial charge is 0.390 e. The first-order chi connectivity index (χ1) is 8.35. The number of likely N-dealkylation sites (N-methyl/N-ethyl adjacent to an activating group) is 1. The molecule has 17 heavy (non-hydrogen) atoms. The Balaban J connectivity index is 2.28. The Morgan fingerprint density at radius 2 is 2.06 bits per heavy atom. The Morgan fingerprint density at radius 1 is 1.29 bits per heavy atom. The highest BCUT2D eigenvalue weighted by Gasteiger charge is 2.07. The summed E-state index contributed by atoms with van der Waals surface area (Å²) in [5.74, 6) is 0. The maximum Gasteiger partial charge on any atom is 0.0926 e. The summed E-state index contributed by atoms with van der Waals surface area (Å²) >= 11 is 0. The van der Waals surface area contributed by atoms with Crippen LogP contribution in [-0.4, -0.2) is 28.5 Å². The number of nitrogens with one attached hydrogen (secondary N) is 1. The lowest BCUT2D eigenvalue weighted by molar-refractivity contribution is 0.267. The van der Waals surface area contributed by atoms with Crippen LogP contribution in [0.2, 0.25) is 0 Å². The van der Waals surface area contributed by atoms with E-state index in [2.05, 4.69) is 10.4 Å². The molecule has 4 nitrogen and oxygen atoms in total. The molecule has 0 aliphatic heterocycles. The molecule has 4 heteroatoms. The number of rotatable bonds is 5. The summed E-state index contributed by atoms with van der Waals surface area (Å²) in [5.41, 5.74) is 2.83. The van der Waals surface area contributed by atoms with Crippen molar-refractivity contribution in [3.05, 3.63) is 42.1 Å². The van der Waals surface area contributed by atoms with Crippen molar-refractivity contribution in [1.82, 2.24) is 15.1 Å². The molecule has 0 aliphatic rings. The lowest BCUT2D eigenvalue weighted by Gasteiger charge is -2.03.